The minimum atomic E-state index is -1.33. The summed E-state index contributed by atoms with van der Waals surface area (Å²) < 4.78 is 0. The van der Waals surface area contributed by atoms with Crippen LogP contribution in [-0.4, -0.2) is 225 Å². The molecule has 37 nitrogen and oxygen atoms in total. The molecule has 0 radical (unpaired) electrons. The van der Waals surface area contributed by atoms with Gasteiger partial charge in [-0.05, 0) is 274 Å². The molecule has 0 saturated heterocycles. The summed E-state index contributed by atoms with van der Waals surface area (Å²) in [4.78, 5) is 200. The number of carbonyl (C=O) groups excluding carboxylic acids is 13. The molecule has 32 N–H and O–H groups in total. The molecule has 121 heavy (non-hydrogen) atoms. The van der Waals surface area contributed by atoms with Crippen molar-refractivity contribution in [3.63, 3.8) is 0 Å². The molecule has 0 saturated carbocycles. The first-order chi connectivity index (χ1) is 57.3. The minimum Gasteiger partial charge on any atom is -0.480 e. The van der Waals surface area contributed by atoms with Gasteiger partial charge < -0.3 is 126 Å². The summed E-state index contributed by atoms with van der Waals surface area (Å²) in [6, 6.07) is -17.2. The third kappa shape index (κ3) is 50.6. The van der Waals surface area contributed by atoms with E-state index in [2.05, 4.69) is 69.1 Å². The Morgan fingerprint density at radius 2 is 0.314 bits per heavy atom. The van der Waals surface area contributed by atoms with Crippen molar-refractivity contribution in [2.24, 2.45) is 87.1 Å². The molecule has 0 heterocycles. The van der Waals surface area contributed by atoms with Crippen molar-refractivity contribution in [1.82, 2.24) is 69.1 Å². The highest BCUT2D eigenvalue weighted by Crippen LogP contribution is 2.19. The van der Waals surface area contributed by atoms with Crippen LogP contribution in [0.15, 0.2) is 0 Å². The molecule has 0 aromatic rings. The minimum absolute atomic E-state index is 0.0215. The third-order valence-electron chi connectivity index (χ3n) is 20.4. The number of amides is 13. The molecule has 0 unspecified atom stereocenters. The zero-order chi connectivity index (χ0) is 91.7. The number of carbonyl (C=O) groups is 14. The van der Waals surface area contributed by atoms with Gasteiger partial charge in [-0.3, -0.25) is 62.3 Å². The Morgan fingerprint density at radius 1 is 0.190 bits per heavy atom. The first kappa shape index (κ1) is 113. The van der Waals surface area contributed by atoms with Crippen LogP contribution in [0, 0.1) is 35.5 Å². The first-order valence-corrected chi connectivity index (χ1v) is 44.8. The summed E-state index contributed by atoms with van der Waals surface area (Å²) in [7, 11) is 0. The molecular formula is C84H164N22O15. The summed E-state index contributed by atoms with van der Waals surface area (Å²) in [6.07, 6.45) is 8.56. The van der Waals surface area contributed by atoms with E-state index < -0.39 is 167 Å². The largest absolute Gasteiger partial charge is 0.480 e. The number of rotatable bonds is 71. The predicted molar refractivity (Wildman–Crippen MR) is 471 cm³/mol. The SMILES string of the molecule is CC(C)C[C@H](NC(=O)[C@H](CCCCN)NC(=O)[C@H](CCCCN)NC(=O)[C@H](CC(C)C)NC(=O)[C@H](CC(C)C)NC(=O)[C@H](CCCCN)NC(=O)[C@H](CCCCN)NC(=O)[C@H](CC(C)C)NC(=O)[C@H](CCCCN)NC(=O)[C@H](CCCCN)NC(=O)[C@H](CC(C)C)NC(=O)[C@H](CC(C)C)NC(=O)[C@H](CCCCN)NC(=O)[C@@H](N)CCCCN)C(=O)O. The Kier molecular flexibility index (Phi) is 61.6. The molecule has 700 valence electrons. The van der Waals surface area contributed by atoms with E-state index in [4.69, 9.17) is 51.6 Å². The van der Waals surface area contributed by atoms with Crippen LogP contribution >= 0.6 is 0 Å². The van der Waals surface area contributed by atoms with Crippen molar-refractivity contribution in [2.75, 3.05) is 52.4 Å². The quantitative estimate of drug-likeness (QED) is 0.0357. The van der Waals surface area contributed by atoms with Gasteiger partial charge in [0.05, 0.1) is 6.04 Å². The number of hydrogen-bond donors (Lipinski definition) is 23. The fourth-order valence-corrected chi connectivity index (χ4v) is 13.7. The van der Waals surface area contributed by atoms with Crippen LogP contribution < -0.4 is 121 Å². The van der Waals surface area contributed by atoms with Crippen LogP contribution in [0.2, 0.25) is 0 Å². The molecule has 0 fully saturated rings. The van der Waals surface area contributed by atoms with E-state index in [-0.39, 0.29) is 152 Å². The molecule has 0 rings (SSSR count). The Hall–Kier alpha value is -7.78. The molecule has 0 aliphatic carbocycles. The highest BCUT2D eigenvalue weighted by atomic mass is 16.4. The van der Waals surface area contributed by atoms with Crippen molar-refractivity contribution in [1.29, 1.82) is 0 Å². The topological polar surface area (TPSA) is 650 Å². The average molecular weight is 1720 g/mol. The fourth-order valence-electron chi connectivity index (χ4n) is 13.7. The van der Waals surface area contributed by atoms with E-state index in [1.165, 1.54) is 0 Å². The van der Waals surface area contributed by atoms with Gasteiger partial charge in [0.15, 0.2) is 0 Å². The molecular weight excluding hydrogens is 1560 g/mol. The van der Waals surface area contributed by atoms with E-state index in [1.54, 1.807) is 0 Å². The van der Waals surface area contributed by atoms with Crippen molar-refractivity contribution < 1.29 is 72.2 Å². The normalized spacial score (nSPS) is 15.1. The Balaban J connectivity index is 7.42. The standard InChI is InChI=1S/C84H164N22O15/c1-51(2)45-65(101-76(112)62(34-18-26-42-90)95-73(109)60(32-16-24-40-88)99-80(116)66(46-52(3)4)104-82(118)68(48-54(7)8)102-75(111)58(30-14-22-38-86)94-71(107)57(93)29-13-21-37-85)79(115)98-59(31-15-23-39-87)72(108)96-63(35-19-27-43-91)77(113)103-69(49-55(9)10)83(119)105-67(47-53(5)6)81(117)100-61(33-17-25-41-89)74(110)97-64(36-20-28-44-92)78(114)106-70(84(120)121)50-56(11)12/h51-70H,13-50,85-93H2,1-12H3,(H,94,107)(H,95,109)(H,96,108)(H,97,110)(H,98,115)(H,99,116)(H,100,117)(H,101,112)(H,102,111)(H,103,113)(H,104,118)(H,105,119)(H,106,114)(H,120,121)/t57-,58-,59-,60-,61-,62-,63-,64-,65-,66-,67-,68-,69-,70-/m0/s1. The molecule has 0 spiro atoms. The van der Waals surface area contributed by atoms with E-state index >= 15 is 0 Å². The Morgan fingerprint density at radius 3 is 0.463 bits per heavy atom. The number of nitrogens with one attached hydrogen (secondary N) is 13. The van der Waals surface area contributed by atoms with Crippen molar-refractivity contribution in [3.05, 3.63) is 0 Å². The van der Waals surface area contributed by atoms with Crippen molar-refractivity contribution in [2.45, 2.75) is 360 Å². The fraction of sp³-hybridized carbons (Fsp3) is 0.833. The van der Waals surface area contributed by atoms with Gasteiger partial charge in [0.25, 0.3) is 0 Å². The molecule has 0 aromatic carbocycles. The number of nitrogens with two attached hydrogens (primary N) is 9. The summed E-state index contributed by atoms with van der Waals surface area (Å²) in [5, 5.41) is 46.2. The van der Waals surface area contributed by atoms with Gasteiger partial charge in [0.1, 0.15) is 78.5 Å². The van der Waals surface area contributed by atoms with E-state index in [0.717, 1.165) is 0 Å². The number of hydrogen-bond acceptors (Lipinski definition) is 23. The summed E-state index contributed by atoms with van der Waals surface area (Å²) in [6.45, 7) is 24.2. The molecule has 0 bridgehead atoms. The lowest BCUT2D eigenvalue weighted by Crippen LogP contribution is -2.61. The predicted octanol–water partition coefficient (Wildman–Crippen LogP) is 0.00930. The lowest BCUT2D eigenvalue weighted by molar-refractivity contribution is -0.143. The molecule has 37 heteroatoms. The number of unbranched alkanes of at least 4 members (excludes halogenated alkanes) is 8. The number of aliphatic carboxylic acids is 1. The van der Waals surface area contributed by atoms with E-state index in [1.807, 2.05) is 83.1 Å². The molecule has 0 aliphatic rings. The van der Waals surface area contributed by atoms with Gasteiger partial charge in [-0.15, -0.1) is 0 Å². The van der Waals surface area contributed by atoms with Crippen LogP contribution in [0.3, 0.4) is 0 Å². The van der Waals surface area contributed by atoms with Gasteiger partial charge >= 0.3 is 5.97 Å². The van der Waals surface area contributed by atoms with Crippen LogP contribution in [-0.2, 0) is 67.1 Å². The van der Waals surface area contributed by atoms with Gasteiger partial charge in [0.2, 0.25) is 76.8 Å². The Labute approximate surface area is 720 Å². The monoisotopic (exact) mass is 1720 g/mol. The van der Waals surface area contributed by atoms with Gasteiger partial charge in [-0.25, -0.2) is 4.79 Å². The van der Waals surface area contributed by atoms with Gasteiger partial charge in [-0.1, -0.05) is 89.5 Å². The highest BCUT2D eigenvalue weighted by Gasteiger charge is 2.39. The molecule has 14 atom stereocenters. The number of carboxylic acid groups (broad SMARTS) is 1. The van der Waals surface area contributed by atoms with Crippen LogP contribution in [0.4, 0.5) is 0 Å². The molecule has 13 amide bonds. The smallest absolute Gasteiger partial charge is 0.326 e. The summed E-state index contributed by atoms with van der Waals surface area (Å²) >= 11 is 0. The maximum atomic E-state index is 14.9. The Bertz CT molecular complexity index is 3040. The van der Waals surface area contributed by atoms with Crippen LogP contribution in [0.1, 0.15) is 276 Å². The summed E-state index contributed by atoms with van der Waals surface area (Å²) in [5.41, 5.74) is 53.0. The highest BCUT2D eigenvalue weighted by molar-refractivity contribution is 6.00. The van der Waals surface area contributed by atoms with E-state index in [0.29, 0.717) is 129 Å². The third-order valence-corrected chi connectivity index (χ3v) is 20.4. The second kappa shape index (κ2) is 65.8. The first-order valence-electron chi connectivity index (χ1n) is 44.8. The lowest BCUT2D eigenvalue weighted by Gasteiger charge is -2.30. The second-order valence-corrected chi connectivity index (χ2v) is 34.8. The van der Waals surface area contributed by atoms with Gasteiger partial charge in [0, 0.05) is 0 Å². The van der Waals surface area contributed by atoms with Gasteiger partial charge in [-0.2, -0.15) is 0 Å². The van der Waals surface area contributed by atoms with E-state index in [9.17, 15) is 72.2 Å². The zero-order valence-corrected chi connectivity index (χ0v) is 75.3. The van der Waals surface area contributed by atoms with Crippen molar-refractivity contribution >= 4 is 82.8 Å². The molecule has 0 aromatic heterocycles. The maximum Gasteiger partial charge on any atom is 0.326 e. The zero-order valence-electron chi connectivity index (χ0n) is 75.3. The number of carboxylic acids is 1. The second-order valence-electron chi connectivity index (χ2n) is 34.8. The lowest BCUT2D eigenvalue weighted by atomic mass is 9.98. The average Bonchev–Trinajstić information content (AvgIpc) is 0.854. The maximum absolute atomic E-state index is 14.9. The van der Waals surface area contributed by atoms with Crippen LogP contribution in [0.25, 0.3) is 0 Å². The van der Waals surface area contributed by atoms with Crippen LogP contribution in [0.5, 0.6) is 0 Å². The molecule has 0 aliphatic heterocycles. The summed E-state index contributed by atoms with van der Waals surface area (Å²) in [5.74, 6) is -11.7. The van der Waals surface area contributed by atoms with Crippen molar-refractivity contribution in [3.8, 4) is 0 Å².